The van der Waals surface area contributed by atoms with E-state index in [1.165, 1.54) is 12.8 Å². The molecule has 0 atom stereocenters. The first kappa shape index (κ1) is 14.3. The highest BCUT2D eigenvalue weighted by atomic mass is 16.5. The first-order valence-electron chi connectivity index (χ1n) is 7.08. The fraction of sp³-hybridized carbons (Fsp3) is 0.846. The second-order valence-electron chi connectivity index (χ2n) is 5.17. The van der Waals surface area contributed by atoms with Crippen LogP contribution in [0, 0.1) is 5.92 Å². The molecule has 1 aliphatic heterocycles. The van der Waals surface area contributed by atoms with Gasteiger partial charge in [-0.3, -0.25) is 9.59 Å². The monoisotopic (exact) mass is 269 g/mol. The number of hydrogen-bond acceptors (Lipinski definition) is 4. The lowest BCUT2D eigenvalue weighted by atomic mass is 10.3. The van der Waals surface area contributed by atoms with Gasteiger partial charge < -0.3 is 20.3 Å². The van der Waals surface area contributed by atoms with Crippen LogP contribution in [0.25, 0.3) is 0 Å². The maximum atomic E-state index is 11.8. The number of nitrogens with zero attached hydrogens (tertiary/aromatic N) is 1. The highest BCUT2D eigenvalue weighted by Gasteiger charge is 2.20. The Hall–Kier alpha value is -1.14. The molecule has 1 heterocycles. The lowest BCUT2D eigenvalue weighted by molar-refractivity contribution is -0.135. The summed E-state index contributed by atoms with van der Waals surface area (Å²) in [6.45, 7) is 4.25. The quantitative estimate of drug-likeness (QED) is 0.644. The number of morpholine rings is 1. The van der Waals surface area contributed by atoms with Gasteiger partial charge in [0.15, 0.2) is 0 Å². The van der Waals surface area contributed by atoms with Crippen LogP contribution in [0.3, 0.4) is 0 Å². The van der Waals surface area contributed by atoms with E-state index in [0.29, 0.717) is 45.8 Å². The van der Waals surface area contributed by atoms with Crippen molar-refractivity contribution >= 4 is 11.8 Å². The fourth-order valence-corrected chi connectivity index (χ4v) is 2.05. The second kappa shape index (κ2) is 7.45. The van der Waals surface area contributed by atoms with Crippen molar-refractivity contribution in [2.24, 2.45) is 5.92 Å². The largest absolute Gasteiger partial charge is 0.378 e. The molecule has 108 valence electrons. The Bertz CT molecular complexity index is 312. The first-order chi connectivity index (χ1) is 9.25. The summed E-state index contributed by atoms with van der Waals surface area (Å²) in [5, 5.41) is 5.89. The van der Waals surface area contributed by atoms with Gasteiger partial charge in [0, 0.05) is 26.1 Å². The summed E-state index contributed by atoms with van der Waals surface area (Å²) in [6.07, 6.45) is 2.93. The Morgan fingerprint density at radius 3 is 2.63 bits per heavy atom. The Kier molecular flexibility index (Phi) is 5.60. The minimum absolute atomic E-state index is 0.0320. The van der Waals surface area contributed by atoms with E-state index in [0.717, 1.165) is 12.5 Å². The van der Waals surface area contributed by atoms with E-state index in [9.17, 15) is 9.59 Å². The zero-order valence-electron chi connectivity index (χ0n) is 11.3. The third-order valence-corrected chi connectivity index (χ3v) is 3.44. The molecule has 19 heavy (non-hydrogen) atoms. The van der Waals surface area contributed by atoms with E-state index in [-0.39, 0.29) is 11.8 Å². The van der Waals surface area contributed by atoms with Gasteiger partial charge in [-0.25, -0.2) is 0 Å². The van der Waals surface area contributed by atoms with Crippen molar-refractivity contribution in [2.75, 3.05) is 45.9 Å². The molecule has 0 bridgehead atoms. The van der Waals surface area contributed by atoms with Crippen LogP contribution in [0.15, 0.2) is 0 Å². The van der Waals surface area contributed by atoms with Gasteiger partial charge in [-0.05, 0) is 25.3 Å². The molecule has 2 N–H and O–H groups in total. The third-order valence-electron chi connectivity index (χ3n) is 3.44. The van der Waals surface area contributed by atoms with E-state index in [4.69, 9.17) is 4.74 Å². The average Bonchev–Trinajstić information content (AvgIpc) is 3.24. The molecular weight excluding hydrogens is 246 g/mol. The van der Waals surface area contributed by atoms with Crippen molar-refractivity contribution in [1.82, 2.24) is 15.5 Å². The number of carbonyl (C=O) groups excluding carboxylic acids is 2. The zero-order chi connectivity index (χ0) is 13.5. The summed E-state index contributed by atoms with van der Waals surface area (Å²) >= 11 is 0. The molecule has 2 fully saturated rings. The van der Waals surface area contributed by atoms with Crippen LogP contribution in [-0.2, 0) is 14.3 Å². The molecule has 2 rings (SSSR count). The van der Waals surface area contributed by atoms with Gasteiger partial charge in [0.05, 0.1) is 19.8 Å². The molecule has 0 unspecified atom stereocenters. The normalized spacial score (nSPS) is 19.3. The van der Waals surface area contributed by atoms with Crippen LogP contribution in [0.1, 0.15) is 19.3 Å². The van der Waals surface area contributed by atoms with Crippen LogP contribution < -0.4 is 10.6 Å². The molecule has 0 aromatic carbocycles. The molecule has 2 aliphatic rings. The molecule has 0 spiro atoms. The second-order valence-corrected chi connectivity index (χ2v) is 5.17. The number of amides is 2. The van der Waals surface area contributed by atoms with E-state index < -0.39 is 0 Å². The number of rotatable bonds is 7. The molecular formula is C13H23N3O3. The smallest absolute Gasteiger partial charge is 0.233 e. The minimum atomic E-state index is -0.0320. The van der Waals surface area contributed by atoms with Crippen LogP contribution in [0.4, 0.5) is 0 Å². The summed E-state index contributed by atoms with van der Waals surface area (Å²) in [6, 6.07) is 0. The minimum Gasteiger partial charge on any atom is -0.378 e. The van der Waals surface area contributed by atoms with E-state index in [2.05, 4.69) is 10.6 Å². The van der Waals surface area contributed by atoms with Crippen LogP contribution in [-0.4, -0.2) is 62.7 Å². The first-order valence-corrected chi connectivity index (χ1v) is 7.08. The molecule has 1 saturated carbocycles. The molecule has 6 heteroatoms. The summed E-state index contributed by atoms with van der Waals surface area (Å²) in [7, 11) is 0. The van der Waals surface area contributed by atoms with E-state index in [1.54, 1.807) is 4.90 Å². The van der Waals surface area contributed by atoms with Gasteiger partial charge in [0.2, 0.25) is 11.8 Å². The summed E-state index contributed by atoms with van der Waals surface area (Å²) in [5.41, 5.74) is 0. The van der Waals surface area contributed by atoms with Crippen molar-refractivity contribution in [1.29, 1.82) is 0 Å². The van der Waals surface area contributed by atoms with E-state index >= 15 is 0 Å². The van der Waals surface area contributed by atoms with Crippen molar-refractivity contribution in [2.45, 2.75) is 19.3 Å². The molecule has 0 aromatic heterocycles. The number of carbonyl (C=O) groups is 2. The van der Waals surface area contributed by atoms with Gasteiger partial charge in [-0.1, -0.05) is 0 Å². The number of ether oxygens (including phenoxy) is 1. The number of hydrogen-bond donors (Lipinski definition) is 2. The van der Waals surface area contributed by atoms with Gasteiger partial charge in [0.25, 0.3) is 0 Å². The van der Waals surface area contributed by atoms with Gasteiger partial charge in [-0.2, -0.15) is 0 Å². The molecule has 1 aliphatic carbocycles. The third kappa shape index (κ3) is 5.57. The SMILES string of the molecule is O=C(CNCC1CC1)NCCC(=O)N1CCOCC1. The molecule has 1 saturated heterocycles. The highest BCUT2D eigenvalue weighted by molar-refractivity contribution is 5.80. The van der Waals surface area contributed by atoms with Crippen LogP contribution in [0.2, 0.25) is 0 Å². The molecule has 2 amide bonds. The highest BCUT2D eigenvalue weighted by Crippen LogP contribution is 2.27. The molecule has 0 aromatic rings. The lowest BCUT2D eigenvalue weighted by Gasteiger charge is -2.26. The van der Waals surface area contributed by atoms with Crippen molar-refractivity contribution in [3.63, 3.8) is 0 Å². The van der Waals surface area contributed by atoms with E-state index in [1.807, 2.05) is 0 Å². The Labute approximate surface area is 113 Å². The molecule has 6 nitrogen and oxygen atoms in total. The average molecular weight is 269 g/mol. The Morgan fingerprint density at radius 1 is 1.21 bits per heavy atom. The standard InChI is InChI=1S/C13H23N3O3/c17-12(10-14-9-11-1-2-11)15-4-3-13(18)16-5-7-19-8-6-16/h11,14H,1-10H2,(H,15,17). The van der Waals surface area contributed by atoms with Crippen molar-refractivity contribution in [3.8, 4) is 0 Å². The summed E-state index contributed by atoms with van der Waals surface area (Å²) in [5.74, 6) is 0.834. The summed E-state index contributed by atoms with van der Waals surface area (Å²) in [4.78, 5) is 25.1. The topological polar surface area (TPSA) is 70.7 Å². The van der Waals surface area contributed by atoms with Gasteiger partial charge in [-0.15, -0.1) is 0 Å². The van der Waals surface area contributed by atoms with Crippen molar-refractivity contribution < 1.29 is 14.3 Å². The fourth-order valence-electron chi connectivity index (χ4n) is 2.05. The Morgan fingerprint density at radius 2 is 1.95 bits per heavy atom. The number of nitrogens with one attached hydrogen (secondary N) is 2. The summed E-state index contributed by atoms with van der Waals surface area (Å²) < 4.78 is 5.19. The van der Waals surface area contributed by atoms with Crippen LogP contribution >= 0.6 is 0 Å². The predicted octanol–water partition coefficient (Wildman–Crippen LogP) is -0.649. The van der Waals surface area contributed by atoms with Crippen LogP contribution in [0.5, 0.6) is 0 Å². The maximum Gasteiger partial charge on any atom is 0.233 e. The van der Waals surface area contributed by atoms with Gasteiger partial charge in [0.1, 0.15) is 0 Å². The van der Waals surface area contributed by atoms with Gasteiger partial charge >= 0.3 is 0 Å². The maximum absolute atomic E-state index is 11.8. The lowest BCUT2D eigenvalue weighted by Crippen LogP contribution is -2.42. The molecule has 0 radical (unpaired) electrons. The predicted molar refractivity (Wildman–Crippen MR) is 70.6 cm³/mol. The Balaban J connectivity index is 1.49. The van der Waals surface area contributed by atoms with Crippen molar-refractivity contribution in [3.05, 3.63) is 0 Å². The zero-order valence-corrected chi connectivity index (χ0v) is 11.3.